The Hall–Kier alpha value is -2.23. The third-order valence-corrected chi connectivity index (χ3v) is 2.74. The van der Waals surface area contributed by atoms with Crippen molar-refractivity contribution in [3.8, 4) is 0 Å². The average molecular weight is 261 g/mol. The number of carbonyl (C=O) groups is 1. The van der Waals surface area contributed by atoms with Gasteiger partial charge in [-0.1, -0.05) is 18.2 Å². The van der Waals surface area contributed by atoms with Gasteiger partial charge in [-0.25, -0.2) is 8.78 Å². The first-order chi connectivity index (χ1) is 9.04. The lowest BCUT2D eigenvalue weighted by Gasteiger charge is -2.03. The summed E-state index contributed by atoms with van der Waals surface area (Å²) < 4.78 is 25.8. The van der Waals surface area contributed by atoms with Crippen molar-refractivity contribution in [3.05, 3.63) is 65.2 Å². The van der Waals surface area contributed by atoms with Gasteiger partial charge in [0, 0.05) is 18.5 Å². The van der Waals surface area contributed by atoms with E-state index >= 15 is 0 Å². The molecule has 2 nitrogen and oxygen atoms in total. The van der Waals surface area contributed by atoms with Gasteiger partial charge in [-0.2, -0.15) is 0 Å². The van der Waals surface area contributed by atoms with Crippen molar-refractivity contribution in [2.45, 2.75) is 12.8 Å². The van der Waals surface area contributed by atoms with Gasteiger partial charge in [0.25, 0.3) is 0 Å². The molecule has 2 aromatic carbocycles. The summed E-state index contributed by atoms with van der Waals surface area (Å²) in [4.78, 5) is 11.8. The Bertz CT molecular complexity index is 611. The highest BCUT2D eigenvalue weighted by Gasteiger charge is 2.08. The molecule has 0 amide bonds. The molecule has 19 heavy (non-hydrogen) atoms. The summed E-state index contributed by atoms with van der Waals surface area (Å²) in [5, 5.41) is 0. The van der Waals surface area contributed by atoms with Crippen LogP contribution in [0.5, 0.6) is 0 Å². The monoisotopic (exact) mass is 261 g/mol. The van der Waals surface area contributed by atoms with Crippen molar-refractivity contribution in [2.75, 3.05) is 5.73 Å². The molecule has 0 bridgehead atoms. The molecule has 0 radical (unpaired) electrons. The number of rotatable bonds is 4. The molecule has 2 aromatic rings. The van der Waals surface area contributed by atoms with Crippen LogP contribution in [0.3, 0.4) is 0 Å². The molecule has 98 valence electrons. The van der Waals surface area contributed by atoms with E-state index in [1.165, 1.54) is 6.07 Å². The molecule has 0 heterocycles. The molecule has 0 saturated heterocycles. The molecular weight excluding hydrogens is 248 g/mol. The highest BCUT2D eigenvalue weighted by Crippen LogP contribution is 2.12. The van der Waals surface area contributed by atoms with Crippen LogP contribution in [0, 0.1) is 11.6 Å². The van der Waals surface area contributed by atoms with Crippen LogP contribution >= 0.6 is 0 Å². The molecule has 0 spiro atoms. The van der Waals surface area contributed by atoms with E-state index in [9.17, 15) is 13.6 Å². The summed E-state index contributed by atoms with van der Waals surface area (Å²) in [5.74, 6) is -1.92. The zero-order valence-corrected chi connectivity index (χ0v) is 10.2. The smallest absolute Gasteiger partial charge is 0.159 e. The molecule has 0 saturated carbocycles. The van der Waals surface area contributed by atoms with Crippen molar-refractivity contribution < 1.29 is 13.6 Å². The largest absolute Gasteiger partial charge is 0.399 e. The van der Waals surface area contributed by atoms with Crippen LogP contribution < -0.4 is 5.73 Å². The van der Waals surface area contributed by atoms with Gasteiger partial charge < -0.3 is 5.73 Å². The molecule has 4 heteroatoms. The van der Waals surface area contributed by atoms with Crippen LogP contribution in [0.4, 0.5) is 14.5 Å². The average Bonchev–Trinajstić information content (AvgIpc) is 2.34. The number of benzene rings is 2. The van der Waals surface area contributed by atoms with Gasteiger partial charge in [-0.3, -0.25) is 4.79 Å². The fourth-order valence-electron chi connectivity index (χ4n) is 1.87. The van der Waals surface area contributed by atoms with Gasteiger partial charge in [0.1, 0.15) is 5.78 Å². The number of carbonyl (C=O) groups excluding carboxylic acids is 1. The Labute approximate surface area is 109 Å². The van der Waals surface area contributed by atoms with E-state index in [2.05, 4.69) is 0 Å². The number of ketones is 1. The van der Waals surface area contributed by atoms with Gasteiger partial charge in [0.2, 0.25) is 0 Å². The quantitative estimate of drug-likeness (QED) is 0.860. The number of hydrogen-bond acceptors (Lipinski definition) is 2. The van der Waals surface area contributed by atoms with Crippen molar-refractivity contribution in [3.63, 3.8) is 0 Å². The minimum absolute atomic E-state index is 0.0726. The summed E-state index contributed by atoms with van der Waals surface area (Å²) in [7, 11) is 0. The lowest BCUT2D eigenvalue weighted by Crippen LogP contribution is -2.07. The molecule has 2 rings (SSSR count). The van der Waals surface area contributed by atoms with Gasteiger partial charge in [0.15, 0.2) is 11.6 Å². The zero-order valence-electron chi connectivity index (χ0n) is 10.2. The number of halogens is 2. The summed E-state index contributed by atoms with van der Waals surface area (Å²) in [6.07, 6.45) is 0.302. The number of Topliss-reactive ketones (excluding diaryl/α,β-unsaturated/α-hetero) is 1. The van der Waals surface area contributed by atoms with Gasteiger partial charge in [-0.15, -0.1) is 0 Å². The molecule has 0 atom stereocenters. The Kier molecular flexibility index (Phi) is 3.90. The minimum Gasteiger partial charge on any atom is -0.399 e. The first-order valence-corrected chi connectivity index (χ1v) is 5.84. The summed E-state index contributed by atoms with van der Waals surface area (Å²) >= 11 is 0. The van der Waals surface area contributed by atoms with Gasteiger partial charge in [0.05, 0.1) is 0 Å². The van der Waals surface area contributed by atoms with Crippen molar-refractivity contribution in [1.82, 2.24) is 0 Å². The van der Waals surface area contributed by atoms with E-state index in [0.29, 0.717) is 11.3 Å². The molecule has 2 N–H and O–H groups in total. The van der Waals surface area contributed by atoms with Gasteiger partial charge in [-0.05, 0) is 35.4 Å². The van der Waals surface area contributed by atoms with Crippen molar-refractivity contribution >= 4 is 11.5 Å². The van der Waals surface area contributed by atoms with Crippen LogP contribution in [-0.4, -0.2) is 5.78 Å². The maximum atomic E-state index is 13.0. The third kappa shape index (κ3) is 3.61. The van der Waals surface area contributed by atoms with Crippen LogP contribution in [-0.2, 0) is 17.6 Å². The first kappa shape index (κ1) is 13.2. The lowest BCUT2D eigenvalue weighted by molar-refractivity contribution is -0.117. The maximum Gasteiger partial charge on any atom is 0.159 e. The number of hydrogen-bond donors (Lipinski definition) is 1. The van der Waals surface area contributed by atoms with E-state index in [-0.39, 0.29) is 18.6 Å². The molecule has 0 aromatic heterocycles. The second-order valence-electron chi connectivity index (χ2n) is 4.39. The minimum atomic E-state index is -0.936. The van der Waals surface area contributed by atoms with E-state index in [1.54, 1.807) is 24.3 Å². The van der Waals surface area contributed by atoms with E-state index < -0.39 is 11.6 Å². The molecule has 0 aliphatic heterocycles. The number of anilines is 1. The SMILES string of the molecule is Nc1cccc(CC(=O)Cc2ccc(F)c(F)c2)c1. The summed E-state index contributed by atoms with van der Waals surface area (Å²) in [6, 6.07) is 10.5. The lowest BCUT2D eigenvalue weighted by atomic mass is 10.0. The van der Waals surface area contributed by atoms with Crippen LogP contribution in [0.15, 0.2) is 42.5 Å². The molecule has 0 aliphatic rings. The Morgan fingerprint density at radius 3 is 2.26 bits per heavy atom. The normalized spacial score (nSPS) is 10.4. The van der Waals surface area contributed by atoms with Crippen LogP contribution in [0.2, 0.25) is 0 Å². The Morgan fingerprint density at radius 2 is 1.63 bits per heavy atom. The number of nitrogens with two attached hydrogens (primary N) is 1. The van der Waals surface area contributed by atoms with Crippen molar-refractivity contribution in [1.29, 1.82) is 0 Å². The van der Waals surface area contributed by atoms with E-state index in [0.717, 1.165) is 17.7 Å². The van der Waals surface area contributed by atoms with E-state index in [1.807, 2.05) is 0 Å². The fourth-order valence-corrected chi connectivity index (χ4v) is 1.87. The highest BCUT2D eigenvalue weighted by atomic mass is 19.2. The molecule has 0 fully saturated rings. The Balaban J connectivity index is 2.03. The van der Waals surface area contributed by atoms with Crippen molar-refractivity contribution in [2.24, 2.45) is 0 Å². The van der Waals surface area contributed by atoms with Crippen LogP contribution in [0.25, 0.3) is 0 Å². The predicted molar refractivity (Wildman–Crippen MR) is 69.6 cm³/mol. The molecular formula is C15H13F2NO. The second kappa shape index (κ2) is 5.61. The zero-order chi connectivity index (χ0) is 13.8. The fraction of sp³-hybridized carbons (Fsp3) is 0.133. The first-order valence-electron chi connectivity index (χ1n) is 5.84. The Morgan fingerprint density at radius 1 is 0.947 bits per heavy atom. The maximum absolute atomic E-state index is 13.0. The predicted octanol–water partition coefficient (Wildman–Crippen LogP) is 2.90. The summed E-state index contributed by atoms with van der Waals surface area (Å²) in [5.41, 5.74) is 7.49. The van der Waals surface area contributed by atoms with E-state index in [4.69, 9.17) is 5.73 Å². The topological polar surface area (TPSA) is 43.1 Å². The van der Waals surface area contributed by atoms with Gasteiger partial charge >= 0.3 is 0 Å². The summed E-state index contributed by atoms with van der Waals surface area (Å²) in [6.45, 7) is 0. The second-order valence-corrected chi connectivity index (χ2v) is 4.39. The molecule has 0 unspecified atom stereocenters. The number of nitrogen functional groups attached to an aromatic ring is 1. The standard InChI is InChI=1S/C15H13F2NO/c16-14-5-4-11(9-15(14)17)8-13(19)7-10-2-1-3-12(18)6-10/h1-6,9H,7-8,18H2. The molecule has 0 aliphatic carbocycles. The van der Waals surface area contributed by atoms with Crippen LogP contribution in [0.1, 0.15) is 11.1 Å². The highest BCUT2D eigenvalue weighted by molar-refractivity contribution is 5.83. The third-order valence-electron chi connectivity index (χ3n) is 2.74.